The number of carboxylic acids is 1. The second-order valence-electron chi connectivity index (χ2n) is 19.8. The molecule has 4 fully saturated rings. The first-order valence-electron chi connectivity index (χ1n) is 20.0. The largest absolute Gasteiger partial charge is 0.481 e. The van der Waals surface area contributed by atoms with Crippen molar-refractivity contribution in [3.05, 3.63) is 45.7 Å². The Morgan fingerprint density at radius 3 is 2.38 bits per heavy atom. The second-order valence-corrected chi connectivity index (χ2v) is 20.2. The van der Waals surface area contributed by atoms with Gasteiger partial charge >= 0.3 is 11.9 Å². The number of allylic oxidation sites excluding steroid dienone is 2. The van der Waals surface area contributed by atoms with Crippen LogP contribution >= 0.6 is 11.6 Å². The van der Waals surface area contributed by atoms with E-state index in [4.69, 9.17) is 16.3 Å². The zero-order valence-corrected chi connectivity index (χ0v) is 33.9. The van der Waals surface area contributed by atoms with E-state index < -0.39 is 17.4 Å². The Morgan fingerprint density at radius 1 is 1.00 bits per heavy atom. The van der Waals surface area contributed by atoms with Gasteiger partial charge < -0.3 is 15.2 Å². The smallest absolute Gasteiger partial charge is 0.309 e. The molecule has 1 unspecified atom stereocenters. The predicted octanol–water partition coefficient (Wildman–Crippen LogP) is 10.4. The lowest BCUT2D eigenvalue weighted by atomic mass is 9.33. The highest BCUT2D eigenvalue weighted by molar-refractivity contribution is 6.30. The van der Waals surface area contributed by atoms with Crippen molar-refractivity contribution in [3.63, 3.8) is 0 Å². The summed E-state index contributed by atoms with van der Waals surface area (Å²) in [6.07, 6.45) is 9.37. The number of nitrogens with one attached hydrogen (secondary N) is 1. The number of ketones is 1. The zero-order chi connectivity index (χ0) is 38.2. The third-order valence-electron chi connectivity index (χ3n) is 16.1. The van der Waals surface area contributed by atoms with Gasteiger partial charge in [-0.25, -0.2) is 4.39 Å². The monoisotopic (exact) mass is 739 g/mol. The van der Waals surface area contributed by atoms with Gasteiger partial charge in [0, 0.05) is 29.4 Å². The minimum atomic E-state index is -1.16. The quantitative estimate of drug-likeness (QED) is 0.183. The predicted molar refractivity (Wildman–Crippen MR) is 203 cm³/mol. The van der Waals surface area contributed by atoms with Crippen LogP contribution in [0.25, 0.3) is 0 Å². The van der Waals surface area contributed by atoms with E-state index in [0.717, 1.165) is 63.4 Å². The number of carbonyl (C=O) groups is 3. The summed E-state index contributed by atoms with van der Waals surface area (Å²) >= 11 is 6.05. The van der Waals surface area contributed by atoms with E-state index in [1.54, 1.807) is 32.0 Å². The third kappa shape index (κ3) is 6.10. The second kappa shape index (κ2) is 13.5. The fourth-order valence-corrected chi connectivity index (χ4v) is 13.3. The van der Waals surface area contributed by atoms with E-state index in [2.05, 4.69) is 53.8 Å². The fraction of sp³-hybridized carbons (Fsp3) is 0.750. The lowest BCUT2D eigenvalue weighted by molar-refractivity contribution is -0.233. The number of halogens is 2. The van der Waals surface area contributed by atoms with Crippen molar-refractivity contribution in [1.82, 2.24) is 5.32 Å². The number of carboxylic acid groups (broad SMARTS) is 1. The molecular weight excluding hydrogens is 677 g/mol. The highest BCUT2D eigenvalue weighted by Gasteiger charge is 2.70. The SMILES string of the molecule is CC(C)C1=C2[C@H]3CC[C@@H]4[C@@]5(C)CC[C@H](OC(=O)CC(C)(C)C(=O)O)C(C)(C)C5CC[C@@]4(C)[C@]3(C)CC[C@@]2(CCNCc2cccc(Cl)c2F)CC1=O. The highest BCUT2D eigenvalue weighted by Crippen LogP contribution is 2.77. The number of benzene rings is 1. The van der Waals surface area contributed by atoms with Gasteiger partial charge in [-0.15, -0.1) is 0 Å². The number of ether oxygens (including phenoxy) is 1. The molecular formula is C44H63ClFNO5. The van der Waals surface area contributed by atoms with Crippen molar-refractivity contribution in [2.45, 2.75) is 146 Å². The topological polar surface area (TPSA) is 92.7 Å². The number of hydrogen-bond acceptors (Lipinski definition) is 5. The average Bonchev–Trinajstić information content (AvgIpc) is 3.35. The Labute approximate surface area is 316 Å². The van der Waals surface area contributed by atoms with E-state index in [9.17, 15) is 23.9 Å². The van der Waals surface area contributed by atoms with Crippen LogP contribution in [0.1, 0.15) is 139 Å². The van der Waals surface area contributed by atoms with E-state index in [0.29, 0.717) is 48.6 Å². The molecule has 0 aliphatic heterocycles. The summed E-state index contributed by atoms with van der Waals surface area (Å²) in [6, 6.07) is 5.13. The number of esters is 1. The molecule has 1 aromatic rings. The van der Waals surface area contributed by atoms with Crippen molar-refractivity contribution >= 4 is 29.3 Å². The molecule has 0 aromatic heterocycles. The van der Waals surface area contributed by atoms with Gasteiger partial charge in [-0.1, -0.05) is 77.8 Å². The van der Waals surface area contributed by atoms with Gasteiger partial charge in [0.15, 0.2) is 5.78 Å². The molecule has 0 amide bonds. The summed E-state index contributed by atoms with van der Waals surface area (Å²) in [4.78, 5) is 38.8. The number of hydrogen-bond donors (Lipinski definition) is 2. The molecule has 8 atom stereocenters. The Kier molecular flexibility index (Phi) is 10.2. The number of rotatable bonds is 10. The summed E-state index contributed by atoms with van der Waals surface area (Å²) in [7, 11) is 0. The third-order valence-corrected chi connectivity index (χ3v) is 16.4. The maximum absolute atomic E-state index is 14.6. The molecule has 4 saturated carbocycles. The molecule has 0 spiro atoms. The average molecular weight is 740 g/mol. The summed E-state index contributed by atoms with van der Waals surface area (Å²) in [5.74, 6) is 0.000384. The Hall–Kier alpha value is -2.25. The molecule has 8 heteroatoms. The summed E-state index contributed by atoms with van der Waals surface area (Å²) in [5.41, 5.74) is 1.82. The van der Waals surface area contributed by atoms with Crippen LogP contribution in [-0.2, 0) is 25.7 Å². The van der Waals surface area contributed by atoms with Crippen molar-refractivity contribution in [2.24, 2.45) is 56.2 Å². The van der Waals surface area contributed by atoms with Crippen LogP contribution in [-0.4, -0.2) is 35.5 Å². The number of aliphatic carboxylic acids is 1. The molecule has 6 rings (SSSR count). The maximum Gasteiger partial charge on any atom is 0.309 e. The zero-order valence-electron chi connectivity index (χ0n) is 33.1. The Morgan fingerprint density at radius 2 is 1.71 bits per heavy atom. The number of Topliss-reactive ketones (excluding diaryl/α,β-unsaturated/α-hetero) is 1. The number of fused-ring (bicyclic) bond motifs is 7. The van der Waals surface area contributed by atoms with Crippen LogP contribution in [0, 0.1) is 62.0 Å². The molecule has 5 aliphatic carbocycles. The maximum atomic E-state index is 14.6. The summed E-state index contributed by atoms with van der Waals surface area (Å²) in [5, 5.41) is 13.2. The van der Waals surface area contributed by atoms with Crippen molar-refractivity contribution in [3.8, 4) is 0 Å². The standard InChI is InChI=1S/C44H63ClFNO5/c1-26(2)35-30(48)23-44(21-22-47-25-27-11-10-12-29(45)37(27)46)20-19-42(8)28(36(35)44)13-14-32-41(7)17-16-33(52-34(49)24-39(3,4)38(50)51)40(5,6)31(41)15-18-43(32,42)9/h10-12,26,28,31-33,47H,13-25H2,1-9H3,(H,50,51)/t28-,31?,32-,33+,41+,42-,43-,44-/m1/s1. The van der Waals surface area contributed by atoms with Crippen LogP contribution in [0.5, 0.6) is 0 Å². The van der Waals surface area contributed by atoms with Crippen LogP contribution in [0.3, 0.4) is 0 Å². The Bertz CT molecular complexity index is 1650. The van der Waals surface area contributed by atoms with E-state index in [1.807, 2.05) is 0 Å². The van der Waals surface area contributed by atoms with Gasteiger partial charge in [-0.3, -0.25) is 14.4 Å². The highest BCUT2D eigenvalue weighted by atomic mass is 35.5. The summed E-state index contributed by atoms with van der Waals surface area (Å²) in [6.45, 7) is 20.9. The van der Waals surface area contributed by atoms with Crippen LogP contribution in [0.4, 0.5) is 4.39 Å². The summed E-state index contributed by atoms with van der Waals surface area (Å²) < 4.78 is 20.8. The van der Waals surface area contributed by atoms with Gasteiger partial charge in [0.1, 0.15) is 11.9 Å². The van der Waals surface area contributed by atoms with Gasteiger partial charge in [0.05, 0.1) is 16.9 Å². The number of carbonyl (C=O) groups excluding carboxylic acids is 2. The minimum absolute atomic E-state index is 0.0563. The molecule has 0 radical (unpaired) electrons. The van der Waals surface area contributed by atoms with Gasteiger partial charge in [-0.2, -0.15) is 0 Å². The van der Waals surface area contributed by atoms with E-state index in [-0.39, 0.29) is 56.4 Å². The van der Waals surface area contributed by atoms with Crippen LogP contribution < -0.4 is 5.32 Å². The van der Waals surface area contributed by atoms with Crippen molar-refractivity contribution in [2.75, 3.05) is 6.54 Å². The molecule has 2 N–H and O–H groups in total. The molecule has 5 aliphatic rings. The van der Waals surface area contributed by atoms with Crippen molar-refractivity contribution < 1.29 is 28.6 Å². The molecule has 0 bridgehead atoms. The van der Waals surface area contributed by atoms with Gasteiger partial charge in [-0.05, 0) is 130 Å². The first-order valence-corrected chi connectivity index (χ1v) is 20.4. The first-order chi connectivity index (χ1) is 24.1. The van der Waals surface area contributed by atoms with Crippen LogP contribution in [0.2, 0.25) is 5.02 Å². The first kappa shape index (κ1) is 39.4. The van der Waals surface area contributed by atoms with E-state index in [1.165, 1.54) is 5.57 Å². The normalized spacial score (nSPS) is 36.9. The molecule has 288 valence electrons. The molecule has 6 nitrogen and oxygen atoms in total. The lowest BCUT2D eigenvalue weighted by Gasteiger charge is -2.72. The molecule has 1 aromatic carbocycles. The molecule has 0 saturated heterocycles. The van der Waals surface area contributed by atoms with Gasteiger partial charge in [0.2, 0.25) is 0 Å². The Balaban J connectivity index is 1.24. The van der Waals surface area contributed by atoms with E-state index >= 15 is 0 Å². The van der Waals surface area contributed by atoms with Crippen LogP contribution in [0.15, 0.2) is 29.3 Å². The van der Waals surface area contributed by atoms with Crippen molar-refractivity contribution in [1.29, 1.82) is 0 Å². The minimum Gasteiger partial charge on any atom is -0.481 e. The lowest BCUT2D eigenvalue weighted by Crippen LogP contribution is -2.65. The molecule has 0 heterocycles. The van der Waals surface area contributed by atoms with Gasteiger partial charge in [0.25, 0.3) is 0 Å². The molecule has 52 heavy (non-hydrogen) atoms. The fourth-order valence-electron chi connectivity index (χ4n) is 13.1.